The molecule has 4 heteroatoms. The first-order valence-electron chi connectivity index (χ1n) is 10.9. The Morgan fingerprint density at radius 1 is 0.880 bits per heavy atom. The summed E-state index contributed by atoms with van der Waals surface area (Å²) in [6, 6.07) is 0. The van der Waals surface area contributed by atoms with E-state index in [1.54, 1.807) is 0 Å². The van der Waals surface area contributed by atoms with Gasteiger partial charge in [0.2, 0.25) is 0 Å². The van der Waals surface area contributed by atoms with Crippen molar-refractivity contribution in [2.45, 2.75) is 115 Å². The molecule has 1 rings (SSSR count). The van der Waals surface area contributed by atoms with Crippen molar-refractivity contribution in [1.82, 2.24) is 5.06 Å². The molecular weight excluding hydrogens is 417 g/mol. The van der Waals surface area contributed by atoms with Crippen LogP contribution in [-0.4, -0.2) is 50.9 Å². The zero-order valence-electron chi connectivity index (χ0n) is 18.0. The molecule has 1 saturated heterocycles. The summed E-state index contributed by atoms with van der Waals surface area (Å²) >= 11 is -2.62. The molecule has 0 aliphatic carbocycles. The molecule has 0 amide bonds. The maximum atomic E-state index is 11.9. The van der Waals surface area contributed by atoms with Crippen LogP contribution < -0.4 is 0 Å². The van der Waals surface area contributed by atoms with Gasteiger partial charge in [0, 0.05) is 0 Å². The molecule has 0 aromatic heterocycles. The molecule has 1 aliphatic heterocycles. The monoisotopic (exact) mass is 463 g/mol. The first-order valence-corrected chi connectivity index (χ1v) is 18.4. The standard InChI is InChI=1S/C9H18NO2.3C4H9.Sn/c1-9(2,3)12-10-6-4-8(11)5-7-10;3*1-3-4-2;/h11H,4-7H2,1-3H3;3*1,3-4H2,2H3;. The van der Waals surface area contributed by atoms with Crippen LogP contribution in [0.15, 0.2) is 0 Å². The number of hydrogen-bond acceptors (Lipinski definition) is 3. The van der Waals surface area contributed by atoms with Gasteiger partial charge >= 0.3 is 162 Å². The van der Waals surface area contributed by atoms with Gasteiger partial charge in [-0.2, -0.15) is 0 Å². The number of hydrogen-bond donors (Lipinski definition) is 1. The third kappa shape index (κ3) is 7.31. The molecule has 1 N–H and O–H groups in total. The molecule has 0 aromatic carbocycles. The fourth-order valence-corrected chi connectivity index (χ4v) is 23.1. The first-order chi connectivity index (χ1) is 11.7. The molecular formula is C21H45NO2Sn. The van der Waals surface area contributed by atoms with E-state index in [4.69, 9.17) is 4.84 Å². The van der Waals surface area contributed by atoms with E-state index in [1.807, 2.05) is 0 Å². The van der Waals surface area contributed by atoms with Crippen LogP contribution in [0.2, 0.25) is 13.3 Å². The number of piperidine rings is 1. The number of nitrogens with zero attached hydrogens (tertiary/aromatic N) is 1. The predicted molar refractivity (Wildman–Crippen MR) is 111 cm³/mol. The van der Waals surface area contributed by atoms with Crippen molar-refractivity contribution in [2.75, 3.05) is 13.1 Å². The second kappa shape index (κ2) is 10.9. The third-order valence-corrected chi connectivity index (χ3v) is 24.3. The zero-order valence-corrected chi connectivity index (χ0v) is 20.8. The molecule has 150 valence electrons. The Balaban J connectivity index is 2.90. The Bertz CT molecular complexity index is 338. The molecule has 0 saturated carbocycles. The molecule has 0 unspecified atom stereocenters. The molecule has 1 fully saturated rings. The molecule has 0 aromatic rings. The topological polar surface area (TPSA) is 32.7 Å². The van der Waals surface area contributed by atoms with E-state index in [9.17, 15) is 5.11 Å². The average molecular weight is 462 g/mol. The SMILES string of the molecule is CCC[CH2][Sn]([CH2]CCC)([CH2]CCC)[C]1(O)CCN(OC(C)(C)C)CC1. The average Bonchev–Trinajstić information content (AvgIpc) is 2.55. The van der Waals surface area contributed by atoms with Crippen molar-refractivity contribution in [3.63, 3.8) is 0 Å². The summed E-state index contributed by atoms with van der Waals surface area (Å²) in [5.41, 5.74) is -0.136. The minimum absolute atomic E-state index is 0.136. The van der Waals surface area contributed by atoms with Crippen molar-refractivity contribution in [3.05, 3.63) is 0 Å². The predicted octanol–water partition coefficient (Wildman–Crippen LogP) is 5.93. The van der Waals surface area contributed by atoms with Gasteiger partial charge in [-0.1, -0.05) is 0 Å². The Labute approximate surface area is 161 Å². The quantitative estimate of drug-likeness (QED) is 0.387. The number of aliphatic hydroxyl groups is 1. The molecule has 3 nitrogen and oxygen atoms in total. The molecule has 1 aliphatic rings. The summed E-state index contributed by atoms with van der Waals surface area (Å²) in [5, 5.41) is 14.0. The van der Waals surface area contributed by atoms with E-state index in [0.717, 1.165) is 25.9 Å². The summed E-state index contributed by atoms with van der Waals surface area (Å²) in [4.78, 5) is 6.07. The summed E-state index contributed by atoms with van der Waals surface area (Å²) in [6.45, 7) is 15.1. The summed E-state index contributed by atoms with van der Waals surface area (Å²) in [5.74, 6) is 0. The molecule has 0 spiro atoms. The molecule has 25 heavy (non-hydrogen) atoms. The number of hydroxylamine groups is 2. The van der Waals surface area contributed by atoms with Gasteiger partial charge in [-0.3, -0.25) is 0 Å². The molecule has 0 radical (unpaired) electrons. The van der Waals surface area contributed by atoms with Crippen LogP contribution in [0.5, 0.6) is 0 Å². The van der Waals surface area contributed by atoms with E-state index in [2.05, 4.69) is 46.6 Å². The van der Waals surface area contributed by atoms with Gasteiger partial charge < -0.3 is 0 Å². The van der Waals surface area contributed by atoms with Gasteiger partial charge in [0.05, 0.1) is 0 Å². The van der Waals surface area contributed by atoms with E-state index < -0.39 is 18.4 Å². The van der Waals surface area contributed by atoms with E-state index in [0.29, 0.717) is 0 Å². The van der Waals surface area contributed by atoms with E-state index in [-0.39, 0.29) is 9.22 Å². The summed E-state index contributed by atoms with van der Waals surface area (Å²) in [6.07, 6.45) is 9.67. The summed E-state index contributed by atoms with van der Waals surface area (Å²) in [7, 11) is 0. The van der Waals surface area contributed by atoms with Gasteiger partial charge in [0.25, 0.3) is 0 Å². The maximum absolute atomic E-state index is 11.9. The zero-order chi connectivity index (χ0) is 19.0. The van der Waals surface area contributed by atoms with E-state index in [1.165, 1.54) is 51.8 Å². The van der Waals surface area contributed by atoms with Crippen molar-refractivity contribution >= 4 is 18.4 Å². The van der Waals surface area contributed by atoms with Gasteiger partial charge in [0.1, 0.15) is 0 Å². The molecule has 0 atom stereocenters. The van der Waals surface area contributed by atoms with Crippen molar-refractivity contribution < 1.29 is 9.94 Å². The van der Waals surface area contributed by atoms with Crippen molar-refractivity contribution in [1.29, 1.82) is 0 Å². The van der Waals surface area contributed by atoms with E-state index >= 15 is 0 Å². The summed E-state index contributed by atoms with van der Waals surface area (Å²) < 4.78 is 3.86. The van der Waals surface area contributed by atoms with Crippen LogP contribution in [0.1, 0.15) is 92.9 Å². The van der Waals surface area contributed by atoms with Gasteiger partial charge in [-0.15, -0.1) is 0 Å². The third-order valence-electron chi connectivity index (χ3n) is 5.97. The minimum atomic E-state index is -2.62. The number of unbranched alkanes of at least 4 members (excludes halogenated alkanes) is 3. The fraction of sp³-hybridized carbons (Fsp3) is 1.00. The fourth-order valence-electron chi connectivity index (χ4n) is 4.48. The van der Waals surface area contributed by atoms with Crippen LogP contribution in [-0.2, 0) is 4.84 Å². The van der Waals surface area contributed by atoms with Crippen LogP contribution in [0.4, 0.5) is 0 Å². The van der Waals surface area contributed by atoms with Crippen LogP contribution >= 0.6 is 0 Å². The Morgan fingerprint density at radius 2 is 1.28 bits per heavy atom. The normalized spacial score (nSPS) is 19.3. The Kier molecular flexibility index (Phi) is 10.3. The van der Waals surface area contributed by atoms with Gasteiger partial charge in [-0.25, -0.2) is 0 Å². The Hall–Kier alpha value is 0.679. The van der Waals surface area contributed by atoms with Gasteiger partial charge in [0.15, 0.2) is 0 Å². The van der Waals surface area contributed by atoms with Crippen LogP contribution in [0.3, 0.4) is 0 Å². The molecule has 0 bridgehead atoms. The van der Waals surface area contributed by atoms with Gasteiger partial charge in [-0.05, 0) is 0 Å². The second-order valence-electron chi connectivity index (χ2n) is 9.26. The van der Waals surface area contributed by atoms with Crippen LogP contribution in [0.25, 0.3) is 0 Å². The second-order valence-corrected chi connectivity index (χ2v) is 23.5. The van der Waals surface area contributed by atoms with Crippen LogP contribution in [0, 0.1) is 0 Å². The van der Waals surface area contributed by atoms with Crippen molar-refractivity contribution in [2.24, 2.45) is 0 Å². The first kappa shape index (κ1) is 23.7. The molecule has 1 heterocycles. The number of rotatable bonds is 11. The van der Waals surface area contributed by atoms with Crippen molar-refractivity contribution in [3.8, 4) is 0 Å². The Morgan fingerprint density at radius 3 is 1.60 bits per heavy atom.